The van der Waals surface area contributed by atoms with E-state index in [0.29, 0.717) is 0 Å². The quantitative estimate of drug-likeness (QED) is 0.483. The highest BCUT2D eigenvalue weighted by molar-refractivity contribution is 7.16. The lowest BCUT2D eigenvalue weighted by molar-refractivity contribution is -0.143. The molecule has 1 aromatic heterocycles. The van der Waals surface area contributed by atoms with Gasteiger partial charge < -0.3 is 9.30 Å². The Morgan fingerprint density at radius 2 is 1.96 bits per heavy atom. The van der Waals surface area contributed by atoms with E-state index in [1.54, 1.807) is 13.0 Å². The first-order chi connectivity index (χ1) is 13.5. The summed E-state index contributed by atoms with van der Waals surface area (Å²) < 4.78 is 34.2. The lowest BCUT2D eigenvalue weighted by atomic mass is 10.2. The zero-order chi connectivity index (χ0) is 20.1. The number of hydrogen-bond acceptors (Lipinski definition) is 4. The summed E-state index contributed by atoms with van der Waals surface area (Å²) in [6.45, 7) is 1.46. The third kappa shape index (κ3) is 4.58. The van der Waals surface area contributed by atoms with Crippen molar-refractivity contribution in [1.29, 1.82) is 0 Å². The average molecular weight is 402 g/mol. The summed E-state index contributed by atoms with van der Waals surface area (Å²) in [7, 11) is 0. The largest absolute Gasteiger partial charge is 0.465 e. The number of rotatable bonds is 5. The number of benzene rings is 2. The van der Waals surface area contributed by atoms with Gasteiger partial charge >= 0.3 is 5.97 Å². The zero-order valence-corrected chi connectivity index (χ0v) is 15.7. The van der Waals surface area contributed by atoms with Gasteiger partial charge in [0.05, 0.1) is 16.8 Å². The minimum Gasteiger partial charge on any atom is -0.465 e. The predicted octanol–water partition coefficient (Wildman–Crippen LogP) is 3.68. The van der Waals surface area contributed by atoms with E-state index in [2.05, 4.69) is 4.99 Å². The fraction of sp³-hybridized carbons (Fsp3) is 0.150. The van der Waals surface area contributed by atoms with Crippen LogP contribution in [0, 0.1) is 11.6 Å². The molecular formula is C20H16F2N2O3S. The van der Waals surface area contributed by atoms with Gasteiger partial charge in [-0.25, -0.2) is 8.78 Å². The molecule has 0 saturated heterocycles. The van der Waals surface area contributed by atoms with Gasteiger partial charge in [0.1, 0.15) is 12.4 Å². The highest BCUT2D eigenvalue weighted by atomic mass is 32.1. The van der Waals surface area contributed by atoms with E-state index in [1.165, 1.54) is 10.6 Å². The summed E-state index contributed by atoms with van der Waals surface area (Å²) in [6.07, 6.45) is 2.86. The Balaban J connectivity index is 2.04. The number of amides is 1. The number of carbonyl (C=O) groups excluding carboxylic acids is 2. The second-order valence-corrected chi connectivity index (χ2v) is 6.71. The van der Waals surface area contributed by atoms with Gasteiger partial charge in [0.25, 0.3) is 5.91 Å². The van der Waals surface area contributed by atoms with Crippen LogP contribution in [0.2, 0.25) is 0 Å². The number of fused-ring (bicyclic) bond motifs is 1. The average Bonchev–Trinajstić information content (AvgIpc) is 2.98. The molecule has 144 valence electrons. The Bertz CT molecular complexity index is 1120. The Morgan fingerprint density at radius 1 is 1.21 bits per heavy atom. The lowest BCUT2D eigenvalue weighted by Gasteiger charge is -2.05. The molecule has 0 spiro atoms. The molecular weight excluding hydrogens is 386 g/mol. The molecule has 2 aromatic carbocycles. The topological polar surface area (TPSA) is 60.7 Å². The van der Waals surface area contributed by atoms with E-state index in [-0.39, 0.29) is 28.2 Å². The van der Waals surface area contributed by atoms with Crippen molar-refractivity contribution in [2.24, 2.45) is 4.99 Å². The van der Waals surface area contributed by atoms with Crippen LogP contribution in [0.4, 0.5) is 8.78 Å². The van der Waals surface area contributed by atoms with E-state index in [1.807, 2.05) is 30.3 Å². The summed E-state index contributed by atoms with van der Waals surface area (Å²) in [5, 5.41) is 0. The van der Waals surface area contributed by atoms with E-state index >= 15 is 0 Å². The molecule has 0 fully saturated rings. The Kier molecular flexibility index (Phi) is 6.10. The summed E-state index contributed by atoms with van der Waals surface area (Å²) in [4.78, 5) is 28.2. The van der Waals surface area contributed by atoms with Gasteiger partial charge in [0.2, 0.25) is 0 Å². The van der Waals surface area contributed by atoms with Crippen molar-refractivity contribution in [3.8, 4) is 0 Å². The van der Waals surface area contributed by atoms with E-state index < -0.39 is 23.5 Å². The van der Waals surface area contributed by atoms with Crippen LogP contribution in [0.5, 0.6) is 0 Å². The van der Waals surface area contributed by atoms with Gasteiger partial charge in [-0.2, -0.15) is 4.99 Å². The molecule has 28 heavy (non-hydrogen) atoms. The minimum absolute atomic E-state index is 0.00181. The van der Waals surface area contributed by atoms with Crippen LogP contribution in [0.3, 0.4) is 0 Å². The number of halogens is 2. The SMILES string of the molecule is CCOC(=O)Cn1c(=NC(=O)/C=C/c2ccccc2)sc2cc(F)cc(F)c21. The second-order valence-electron chi connectivity index (χ2n) is 5.70. The summed E-state index contributed by atoms with van der Waals surface area (Å²) in [6, 6.07) is 11.0. The van der Waals surface area contributed by atoms with Crippen molar-refractivity contribution >= 4 is 39.5 Å². The van der Waals surface area contributed by atoms with Crippen molar-refractivity contribution in [2.45, 2.75) is 13.5 Å². The lowest BCUT2D eigenvalue weighted by Crippen LogP contribution is -2.23. The summed E-state index contributed by atoms with van der Waals surface area (Å²) >= 11 is 0.916. The number of esters is 1. The van der Waals surface area contributed by atoms with Gasteiger partial charge in [0, 0.05) is 12.1 Å². The van der Waals surface area contributed by atoms with Crippen LogP contribution in [0.15, 0.2) is 53.5 Å². The molecule has 0 atom stereocenters. The molecule has 5 nitrogen and oxygen atoms in total. The summed E-state index contributed by atoms with van der Waals surface area (Å²) in [5.74, 6) is -2.80. The number of nitrogens with zero attached hydrogens (tertiary/aromatic N) is 2. The smallest absolute Gasteiger partial charge is 0.326 e. The van der Waals surface area contributed by atoms with Gasteiger partial charge in [-0.3, -0.25) is 9.59 Å². The Labute approximate surface area is 163 Å². The number of carbonyl (C=O) groups is 2. The van der Waals surface area contributed by atoms with Gasteiger partial charge in [0.15, 0.2) is 10.6 Å². The van der Waals surface area contributed by atoms with Crippen molar-refractivity contribution in [3.05, 3.63) is 70.5 Å². The molecule has 8 heteroatoms. The molecule has 0 N–H and O–H groups in total. The number of aromatic nitrogens is 1. The molecule has 0 aliphatic rings. The summed E-state index contributed by atoms with van der Waals surface area (Å²) in [5.41, 5.74) is 0.813. The molecule has 0 aliphatic heterocycles. The maximum Gasteiger partial charge on any atom is 0.326 e. The van der Waals surface area contributed by atoms with Crippen molar-refractivity contribution in [1.82, 2.24) is 4.57 Å². The number of hydrogen-bond donors (Lipinski definition) is 0. The van der Waals surface area contributed by atoms with E-state index in [4.69, 9.17) is 4.74 Å². The first-order valence-corrected chi connectivity index (χ1v) is 9.25. The van der Waals surface area contributed by atoms with Crippen LogP contribution in [0.25, 0.3) is 16.3 Å². The van der Waals surface area contributed by atoms with Crippen LogP contribution in [-0.2, 0) is 20.9 Å². The second kappa shape index (κ2) is 8.71. The number of thiazole rings is 1. The molecule has 0 radical (unpaired) electrons. The first kappa shape index (κ1) is 19.6. The molecule has 0 saturated carbocycles. The Morgan fingerprint density at radius 3 is 2.68 bits per heavy atom. The standard InChI is InChI=1S/C20H16F2N2O3S/c1-2-27-18(26)12-24-19-15(22)10-14(21)11-16(19)28-20(24)23-17(25)9-8-13-6-4-3-5-7-13/h3-11H,2,12H2,1H3/b9-8+,23-20?. The molecule has 3 rings (SSSR count). The van der Waals surface area contributed by atoms with Crippen LogP contribution in [0.1, 0.15) is 12.5 Å². The highest BCUT2D eigenvalue weighted by Gasteiger charge is 2.16. The normalized spacial score (nSPS) is 12.0. The molecule has 0 bridgehead atoms. The molecule has 0 aliphatic carbocycles. The van der Waals surface area contributed by atoms with E-state index in [0.717, 1.165) is 29.0 Å². The first-order valence-electron chi connectivity index (χ1n) is 8.43. The van der Waals surface area contributed by atoms with Crippen molar-refractivity contribution < 1.29 is 23.1 Å². The molecule has 1 amide bonds. The van der Waals surface area contributed by atoms with E-state index in [9.17, 15) is 18.4 Å². The number of ether oxygens (including phenoxy) is 1. The monoisotopic (exact) mass is 402 g/mol. The maximum atomic E-state index is 14.3. The predicted molar refractivity (Wildman–Crippen MR) is 102 cm³/mol. The van der Waals surface area contributed by atoms with Crippen LogP contribution < -0.4 is 4.80 Å². The highest BCUT2D eigenvalue weighted by Crippen LogP contribution is 2.22. The van der Waals surface area contributed by atoms with Crippen LogP contribution in [-0.4, -0.2) is 23.1 Å². The fourth-order valence-electron chi connectivity index (χ4n) is 2.56. The van der Waals surface area contributed by atoms with Crippen LogP contribution >= 0.6 is 11.3 Å². The molecule has 0 unspecified atom stereocenters. The fourth-order valence-corrected chi connectivity index (χ4v) is 3.63. The minimum atomic E-state index is -0.843. The third-order valence-corrected chi connectivity index (χ3v) is 4.74. The van der Waals surface area contributed by atoms with Gasteiger partial charge in [-0.1, -0.05) is 41.7 Å². The van der Waals surface area contributed by atoms with Crippen molar-refractivity contribution in [2.75, 3.05) is 6.61 Å². The molecule has 1 heterocycles. The zero-order valence-electron chi connectivity index (χ0n) is 14.9. The van der Waals surface area contributed by atoms with Gasteiger partial charge in [-0.05, 0) is 24.6 Å². The third-order valence-electron chi connectivity index (χ3n) is 3.71. The Hall–Kier alpha value is -3.13. The van der Waals surface area contributed by atoms with Crippen molar-refractivity contribution in [3.63, 3.8) is 0 Å². The van der Waals surface area contributed by atoms with Gasteiger partial charge in [-0.15, -0.1) is 0 Å². The molecule has 3 aromatic rings. The maximum absolute atomic E-state index is 14.3.